The first-order valence-corrected chi connectivity index (χ1v) is 11.0. The molecule has 1 fully saturated rings. The molecule has 3 rings (SSSR count). The van der Waals surface area contributed by atoms with Gasteiger partial charge in [0.25, 0.3) is 0 Å². The van der Waals surface area contributed by atoms with Crippen molar-refractivity contribution in [2.24, 2.45) is 0 Å². The van der Waals surface area contributed by atoms with Gasteiger partial charge in [-0.15, -0.1) is 11.8 Å². The van der Waals surface area contributed by atoms with Crippen molar-refractivity contribution in [3.05, 3.63) is 65.8 Å². The lowest BCUT2D eigenvalue weighted by atomic mass is 10.0. The van der Waals surface area contributed by atoms with E-state index in [2.05, 4.69) is 82.3 Å². The van der Waals surface area contributed by atoms with E-state index in [1.54, 1.807) is 0 Å². The highest BCUT2D eigenvalue weighted by Crippen LogP contribution is 2.39. The number of hydrogen-bond acceptors (Lipinski definition) is 2. The Morgan fingerprint density at radius 3 is 2.44 bits per heavy atom. The fraction of sp³-hybridized carbons (Fsp3) is 0.440. The molecule has 0 N–H and O–H groups in total. The molecule has 0 saturated carbocycles. The van der Waals surface area contributed by atoms with Crippen molar-refractivity contribution in [2.75, 3.05) is 5.75 Å². The van der Waals surface area contributed by atoms with Crippen molar-refractivity contribution in [1.82, 2.24) is 0 Å². The molecule has 0 radical (unpaired) electrons. The lowest BCUT2D eigenvalue weighted by Crippen LogP contribution is -2.02. The molecule has 1 aliphatic heterocycles. The second kappa shape index (κ2) is 9.12. The predicted octanol–water partition coefficient (Wildman–Crippen LogP) is 7.56. The number of thioether (sulfide) groups is 1. The summed E-state index contributed by atoms with van der Waals surface area (Å²) in [5.74, 6) is 1.04. The third-order valence-electron chi connectivity index (χ3n) is 5.40. The number of hydrogen-bond donors (Lipinski definition) is 0. The van der Waals surface area contributed by atoms with Crippen LogP contribution in [0.15, 0.2) is 70.7 Å². The van der Waals surface area contributed by atoms with E-state index in [1.165, 1.54) is 26.8 Å². The highest BCUT2D eigenvalue weighted by molar-refractivity contribution is 7.99. The molecule has 2 aromatic carbocycles. The first-order valence-electron chi connectivity index (χ1n) is 10.0. The van der Waals surface area contributed by atoms with E-state index in [0.717, 1.165) is 31.4 Å². The Kier molecular flexibility index (Phi) is 6.83. The molecule has 1 unspecified atom stereocenters. The maximum atomic E-state index is 5.66. The van der Waals surface area contributed by atoms with Crippen LogP contribution in [0.1, 0.15) is 53.4 Å². The first-order chi connectivity index (χ1) is 12.9. The average Bonchev–Trinajstić information content (AvgIpc) is 3.26. The van der Waals surface area contributed by atoms with Crippen LogP contribution in [0.2, 0.25) is 0 Å². The van der Waals surface area contributed by atoms with Crippen molar-refractivity contribution < 1.29 is 4.74 Å². The molecule has 2 aromatic rings. The van der Waals surface area contributed by atoms with Crippen LogP contribution in [0, 0.1) is 0 Å². The second-order valence-electron chi connectivity index (χ2n) is 8.21. The summed E-state index contributed by atoms with van der Waals surface area (Å²) < 4.78 is 5.66. The fourth-order valence-electron chi connectivity index (χ4n) is 3.39. The smallest absolute Gasteiger partial charge is 0.0892 e. The third-order valence-corrected chi connectivity index (χ3v) is 6.32. The Bertz CT molecular complexity index is 831. The van der Waals surface area contributed by atoms with E-state index < -0.39 is 0 Å². The Hall–Kier alpha value is -1.51. The minimum absolute atomic E-state index is 0.127. The molecule has 27 heavy (non-hydrogen) atoms. The summed E-state index contributed by atoms with van der Waals surface area (Å²) >= 11 is 1.92. The lowest BCUT2D eigenvalue weighted by molar-refractivity contribution is 0.320. The minimum Gasteiger partial charge on any atom is -0.367 e. The molecule has 0 amide bonds. The molecule has 0 aromatic heterocycles. The predicted molar refractivity (Wildman–Crippen MR) is 120 cm³/mol. The molecule has 0 bridgehead atoms. The van der Waals surface area contributed by atoms with Gasteiger partial charge in [-0.1, -0.05) is 53.6 Å². The molecular weight excluding hydrogens is 348 g/mol. The number of epoxide rings is 1. The highest BCUT2D eigenvalue weighted by atomic mass is 32.2. The Labute approximate surface area is 168 Å². The molecule has 1 saturated heterocycles. The Morgan fingerprint density at radius 1 is 1.00 bits per heavy atom. The van der Waals surface area contributed by atoms with Gasteiger partial charge in [-0.25, -0.2) is 0 Å². The van der Waals surface area contributed by atoms with Gasteiger partial charge in [0, 0.05) is 10.6 Å². The number of rotatable bonds is 9. The number of benzene rings is 2. The van der Waals surface area contributed by atoms with Gasteiger partial charge in [-0.3, -0.25) is 0 Å². The zero-order valence-corrected chi connectivity index (χ0v) is 17.9. The maximum Gasteiger partial charge on any atom is 0.0892 e. The molecule has 1 heterocycles. The van der Waals surface area contributed by atoms with Gasteiger partial charge in [0.15, 0.2) is 0 Å². The van der Waals surface area contributed by atoms with Gasteiger partial charge in [0.1, 0.15) is 0 Å². The average molecular weight is 381 g/mol. The van der Waals surface area contributed by atoms with Gasteiger partial charge in [-0.2, -0.15) is 0 Å². The second-order valence-corrected chi connectivity index (χ2v) is 9.30. The summed E-state index contributed by atoms with van der Waals surface area (Å²) in [5.41, 5.74) is 3.11. The van der Waals surface area contributed by atoms with E-state index in [9.17, 15) is 0 Å². The van der Waals surface area contributed by atoms with Gasteiger partial charge >= 0.3 is 0 Å². The SMILES string of the molecule is C/C(=C\CSc1ccc2ccccc2c1)CC/C=C(\C)CCC1OC1(C)C. The minimum atomic E-state index is 0.127. The van der Waals surface area contributed by atoms with Gasteiger partial charge < -0.3 is 4.74 Å². The fourth-order valence-corrected chi connectivity index (χ4v) is 4.32. The van der Waals surface area contributed by atoms with Crippen LogP contribution >= 0.6 is 11.8 Å². The van der Waals surface area contributed by atoms with Gasteiger partial charge in [0.05, 0.1) is 11.7 Å². The summed E-state index contributed by atoms with van der Waals surface area (Å²) in [7, 11) is 0. The van der Waals surface area contributed by atoms with Crippen molar-refractivity contribution in [3.63, 3.8) is 0 Å². The molecule has 0 aliphatic carbocycles. The summed E-state index contributed by atoms with van der Waals surface area (Å²) in [6, 6.07) is 15.3. The lowest BCUT2D eigenvalue weighted by Gasteiger charge is -2.04. The monoisotopic (exact) mass is 380 g/mol. The van der Waals surface area contributed by atoms with E-state index in [4.69, 9.17) is 4.74 Å². The molecule has 2 heteroatoms. The maximum absolute atomic E-state index is 5.66. The Morgan fingerprint density at radius 2 is 1.70 bits per heavy atom. The largest absolute Gasteiger partial charge is 0.367 e. The van der Waals surface area contributed by atoms with Crippen LogP contribution in [0.4, 0.5) is 0 Å². The van der Waals surface area contributed by atoms with Crippen molar-refractivity contribution in [2.45, 2.75) is 70.0 Å². The molecule has 0 spiro atoms. The third kappa shape index (κ3) is 6.26. The quantitative estimate of drug-likeness (QED) is 0.253. The van der Waals surface area contributed by atoms with Crippen LogP contribution in [-0.2, 0) is 4.74 Å². The summed E-state index contributed by atoms with van der Waals surface area (Å²) in [6.45, 7) is 8.87. The van der Waals surface area contributed by atoms with Crippen LogP contribution in [0.3, 0.4) is 0 Å². The van der Waals surface area contributed by atoms with Crippen molar-refractivity contribution in [3.8, 4) is 0 Å². The van der Waals surface area contributed by atoms with Crippen LogP contribution in [0.25, 0.3) is 10.8 Å². The van der Waals surface area contributed by atoms with E-state index in [1.807, 2.05) is 11.8 Å². The zero-order chi connectivity index (χ0) is 19.3. The molecule has 1 nitrogen and oxygen atoms in total. The van der Waals surface area contributed by atoms with Crippen molar-refractivity contribution in [1.29, 1.82) is 0 Å². The molecule has 144 valence electrons. The topological polar surface area (TPSA) is 12.5 Å². The number of fused-ring (bicyclic) bond motifs is 1. The molecular formula is C25H32OS. The standard InChI is InChI=1S/C25H32OS/c1-19(12-15-24-25(3,4)26-24)8-7-9-20(2)16-17-27-23-14-13-21-10-5-6-11-22(21)18-23/h5-6,8,10-11,13-14,16,18,24H,7,9,12,15,17H2,1-4H3/b19-8+,20-16+. The number of ether oxygens (including phenoxy) is 1. The van der Waals surface area contributed by atoms with Crippen LogP contribution in [0.5, 0.6) is 0 Å². The highest BCUT2D eigenvalue weighted by Gasteiger charge is 2.46. The van der Waals surface area contributed by atoms with Gasteiger partial charge in [-0.05, 0) is 76.3 Å². The Balaban J connectivity index is 1.38. The summed E-state index contributed by atoms with van der Waals surface area (Å²) in [6.07, 6.45) is 9.87. The van der Waals surface area contributed by atoms with E-state index in [0.29, 0.717) is 6.10 Å². The van der Waals surface area contributed by atoms with Crippen molar-refractivity contribution >= 4 is 22.5 Å². The molecule has 1 aliphatic rings. The normalized spacial score (nSPS) is 19.5. The van der Waals surface area contributed by atoms with E-state index in [-0.39, 0.29) is 5.60 Å². The first kappa shape index (κ1) is 20.2. The summed E-state index contributed by atoms with van der Waals surface area (Å²) in [4.78, 5) is 1.35. The molecule has 1 atom stereocenters. The number of allylic oxidation sites excluding steroid dienone is 3. The van der Waals surface area contributed by atoms with Crippen LogP contribution < -0.4 is 0 Å². The summed E-state index contributed by atoms with van der Waals surface area (Å²) in [5, 5.41) is 2.64. The zero-order valence-electron chi connectivity index (χ0n) is 17.1. The van der Waals surface area contributed by atoms with E-state index >= 15 is 0 Å². The van der Waals surface area contributed by atoms with Crippen LogP contribution in [-0.4, -0.2) is 17.5 Å². The van der Waals surface area contributed by atoms with Gasteiger partial charge in [0.2, 0.25) is 0 Å².